The number of nitrogens with zero attached hydrogens (tertiary/aromatic N) is 3. The van der Waals surface area contributed by atoms with Gasteiger partial charge in [0.2, 0.25) is 0 Å². The third-order valence-corrected chi connectivity index (χ3v) is 3.59. The van der Waals surface area contributed by atoms with Crippen molar-refractivity contribution in [2.45, 2.75) is 45.6 Å². The van der Waals surface area contributed by atoms with Crippen molar-refractivity contribution in [3.63, 3.8) is 0 Å². The highest BCUT2D eigenvalue weighted by Crippen LogP contribution is 2.26. The highest BCUT2D eigenvalue weighted by Gasteiger charge is 2.25. The Morgan fingerprint density at radius 2 is 1.95 bits per heavy atom. The zero-order valence-corrected chi connectivity index (χ0v) is 11.6. The predicted octanol–water partition coefficient (Wildman–Crippen LogP) is 2.29. The average molecular weight is 257 g/mol. The van der Waals surface area contributed by atoms with E-state index in [2.05, 4.69) is 28.3 Å². The van der Waals surface area contributed by atoms with Crippen LogP contribution in [-0.2, 0) is 18.4 Å². The predicted molar refractivity (Wildman–Crippen MR) is 73.4 cm³/mol. The fourth-order valence-electron chi connectivity index (χ4n) is 2.68. The van der Waals surface area contributed by atoms with Crippen molar-refractivity contribution in [1.29, 1.82) is 0 Å². The van der Waals surface area contributed by atoms with Crippen LogP contribution in [0.4, 0.5) is 0 Å². The van der Waals surface area contributed by atoms with Gasteiger partial charge in [-0.2, -0.15) is 5.10 Å². The van der Waals surface area contributed by atoms with Crippen molar-refractivity contribution in [3.8, 4) is 5.69 Å². The minimum Gasteiger partial charge on any atom is -0.382 e. The van der Waals surface area contributed by atoms with E-state index in [0.717, 1.165) is 12.1 Å². The second kappa shape index (κ2) is 4.17. The van der Waals surface area contributed by atoms with E-state index < -0.39 is 5.60 Å². The fraction of sp³-hybridized carbons (Fsp3) is 0.467. The zero-order chi connectivity index (χ0) is 13.6. The molecular formula is C15H19N3O. The number of benzene rings is 1. The lowest BCUT2D eigenvalue weighted by Gasteiger charge is -2.17. The largest absolute Gasteiger partial charge is 0.382 e. The van der Waals surface area contributed by atoms with E-state index in [9.17, 15) is 5.11 Å². The second-order valence-corrected chi connectivity index (χ2v) is 5.76. The summed E-state index contributed by atoms with van der Waals surface area (Å²) in [5.74, 6) is 1.26. The van der Waals surface area contributed by atoms with Crippen molar-refractivity contribution in [2.24, 2.45) is 0 Å². The maximum atomic E-state index is 10.2. The molecule has 4 heteroatoms. The molecule has 100 valence electrons. The van der Waals surface area contributed by atoms with Crippen molar-refractivity contribution < 1.29 is 5.11 Å². The van der Waals surface area contributed by atoms with Gasteiger partial charge >= 0.3 is 0 Å². The van der Waals surface area contributed by atoms with Crippen LogP contribution in [0.5, 0.6) is 0 Å². The first-order valence-electron chi connectivity index (χ1n) is 6.74. The van der Waals surface area contributed by atoms with E-state index in [1.165, 1.54) is 24.0 Å². The lowest BCUT2D eigenvalue weighted by molar-refractivity contribution is 0.0663. The molecule has 19 heavy (non-hydrogen) atoms. The zero-order valence-electron chi connectivity index (χ0n) is 11.6. The van der Waals surface area contributed by atoms with Gasteiger partial charge in [-0.05, 0) is 63.3 Å². The van der Waals surface area contributed by atoms with Gasteiger partial charge in [0.1, 0.15) is 11.4 Å². The molecule has 1 aromatic carbocycles. The van der Waals surface area contributed by atoms with Crippen LogP contribution in [0.2, 0.25) is 0 Å². The number of hydrogen-bond donors (Lipinski definition) is 1. The molecule has 0 spiro atoms. The lowest BCUT2D eigenvalue weighted by Crippen LogP contribution is -2.22. The van der Waals surface area contributed by atoms with Crippen LogP contribution in [0.3, 0.4) is 0 Å². The van der Waals surface area contributed by atoms with Crippen LogP contribution < -0.4 is 0 Å². The van der Waals surface area contributed by atoms with Crippen LogP contribution >= 0.6 is 0 Å². The number of hydrogen-bond acceptors (Lipinski definition) is 3. The van der Waals surface area contributed by atoms with Crippen LogP contribution in [0.1, 0.15) is 43.0 Å². The first-order chi connectivity index (χ1) is 8.95. The number of aromatic nitrogens is 3. The van der Waals surface area contributed by atoms with E-state index >= 15 is 0 Å². The van der Waals surface area contributed by atoms with Crippen LogP contribution in [0.15, 0.2) is 18.2 Å². The quantitative estimate of drug-likeness (QED) is 0.898. The molecule has 4 nitrogen and oxygen atoms in total. The molecule has 1 heterocycles. The molecular weight excluding hydrogens is 238 g/mol. The summed E-state index contributed by atoms with van der Waals surface area (Å²) < 4.78 is 1.76. The minimum atomic E-state index is -1.000. The monoisotopic (exact) mass is 257 g/mol. The van der Waals surface area contributed by atoms with Gasteiger partial charge in [0.15, 0.2) is 5.82 Å². The molecule has 1 aliphatic carbocycles. The van der Waals surface area contributed by atoms with Gasteiger partial charge < -0.3 is 5.11 Å². The standard InChI is InChI=1S/C15H19N3O/c1-10-16-14(15(2,3)19)18(17-10)13-8-7-11-5-4-6-12(11)9-13/h7-9,19H,4-6H2,1-3H3. The molecule has 0 aliphatic heterocycles. The Morgan fingerprint density at radius 1 is 1.21 bits per heavy atom. The summed E-state index contributed by atoms with van der Waals surface area (Å²) in [6.07, 6.45) is 3.53. The molecule has 0 radical (unpaired) electrons. The van der Waals surface area contributed by atoms with Gasteiger partial charge in [-0.1, -0.05) is 6.07 Å². The number of rotatable bonds is 2. The smallest absolute Gasteiger partial charge is 0.163 e. The topological polar surface area (TPSA) is 50.9 Å². The Bertz CT molecular complexity index is 623. The minimum absolute atomic E-state index is 0.586. The summed E-state index contributed by atoms with van der Waals surface area (Å²) in [5, 5.41) is 14.6. The van der Waals surface area contributed by atoms with E-state index in [1.807, 2.05) is 6.92 Å². The summed E-state index contributed by atoms with van der Waals surface area (Å²) in [6, 6.07) is 6.40. The van der Waals surface area contributed by atoms with Gasteiger partial charge in [0.25, 0.3) is 0 Å². The van der Waals surface area contributed by atoms with Crippen LogP contribution in [0, 0.1) is 6.92 Å². The highest BCUT2D eigenvalue weighted by atomic mass is 16.3. The summed E-state index contributed by atoms with van der Waals surface area (Å²) in [5.41, 5.74) is 2.82. The SMILES string of the molecule is Cc1nc(C(C)(C)O)n(-c2ccc3c(c2)CCC3)n1. The van der Waals surface area contributed by atoms with Crippen LogP contribution in [-0.4, -0.2) is 19.9 Å². The van der Waals surface area contributed by atoms with Gasteiger partial charge in [-0.15, -0.1) is 0 Å². The third-order valence-electron chi connectivity index (χ3n) is 3.59. The number of fused-ring (bicyclic) bond motifs is 1. The van der Waals surface area contributed by atoms with Crippen molar-refractivity contribution in [2.75, 3.05) is 0 Å². The Morgan fingerprint density at radius 3 is 2.68 bits per heavy atom. The molecule has 1 N–H and O–H groups in total. The van der Waals surface area contributed by atoms with E-state index in [-0.39, 0.29) is 0 Å². The van der Waals surface area contributed by atoms with Crippen molar-refractivity contribution in [3.05, 3.63) is 41.0 Å². The molecule has 3 rings (SSSR count). The van der Waals surface area contributed by atoms with Gasteiger partial charge in [0.05, 0.1) is 5.69 Å². The Labute approximate surface area is 113 Å². The Hall–Kier alpha value is -1.68. The molecule has 2 aromatic rings. The van der Waals surface area contributed by atoms with Gasteiger partial charge in [-0.3, -0.25) is 0 Å². The maximum absolute atomic E-state index is 10.2. The molecule has 1 aliphatic rings. The normalized spacial score (nSPS) is 14.7. The number of aliphatic hydroxyl groups is 1. The lowest BCUT2D eigenvalue weighted by atomic mass is 10.1. The first-order valence-corrected chi connectivity index (χ1v) is 6.74. The maximum Gasteiger partial charge on any atom is 0.163 e. The molecule has 0 atom stereocenters. The molecule has 0 amide bonds. The molecule has 1 aromatic heterocycles. The molecule has 0 saturated heterocycles. The highest BCUT2D eigenvalue weighted by molar-refractivity contribution is 5.43. The second-order valence-electron chi connectivity index (χ2n) is 5.76. The average Bonchev–Trinajstić information content (AvgIpc) is 2.92. The van der Waals surface area contributed by atoms with Crippen molar-refractivity contribution >= 4 is 0 Å². The molecule has 0 unspecified atom stereocenters. The number of aryl methyl sites for hydroxylation is 3. The summed E-state index contributed by atoms with van der Waals surface area (Å²) in [7, 11) is 0. The summed E-state index contributed by atoms with van der Waals surface area (Å²) >= 11 is 0. The molecule has 0 bridgehead atoms. The van der Waals surface area contributed by atoms with E-state index in [0.29, 0.717) is 11.6 Å². The fourth-order valence-corrected chi connectivity index (χ4v) is 2.68. The van der Waals surface area contributed by atoms with Crippen molar-refractivity contribution in [1.82, 2.24) is 14.8 Å². The van der Waals surface area contributed by atoms with Gasteiger partial charge in [-0.25, -0.2) is 9.67 Å². The summed E-state index contributed by atoms with van der Waals surface area (Å²) in [4.78, 5) is 4.35. The molecule has 0 saturated carbocycles. The Kier molecular flexibility index (Phi) is 2.71. The summed E-state index contributed by atoms with van der Waals surface area (Å²) in [6.45, 7) is 5.32. The third kappa shape index (κ3) is 2.16. The van der Waals surface area contributed by atoms with Crippen LogP contribution in [0.25, 0.3) is 5.69 Å². The van der Waals surface area contributed by atoms with Gasteiger partial charge in [0, 0.05) is 0 Å². The Balaban J connectivity index is 2.12. The van der Waals surface area contributed by atoms with E-state index in [1.54, 1.807) is 18.5 Å². The first kappa shape index (κ1) is 12.4. The molecule has 0 fully saturated rings. The van der Waals surface area contributed by atoms with E-state index in [4.69, 9.17) is 0 Å².